The van der Waals surface area contributed by atoms with E-state index in [0.29, 0.717) is 12.3 Å². The summed E-state index contributed by atoms with van der Waals surface area (Å²) in [4.78, 5) is 0. The minimum absolute atomic E-state index is 0.0595. The van der Waals surface area contributed by atoms with Crippen molar-refractivity contribution in [2.24, 2.45) is 5.41 Å². The van der Waals surface area contributed by atoms with Gasteiger partial charge in [0.05, 0.1) is 13.7 Å². The first-order valence-electron chi connectivity index (χ1n) is 6.56. The molecule has 0 fully saturated rings. The van der Waals surface area contributed by atoms with Crippen LogP contribution >= 0.6 is 0 Å². The summed E-state index contributed by atoms with van der Waals surface area (Å²) >= 11 is 0. The molecule has 1 aromatic rings. The highest BCUT2D eigenvalue weighted by molar-refractivity contribution is 5.41. The van der Waals surface area contributed by atoms with Crippen molar-refractivity contribution in [3.63, 3.8) is 0 Å². The first-order valence-corrected chi connectivity index (χ1v) is 6.56. The molecule has 108 valence electrons. The van der Waals surface area contributed by atoms with Crippen LogP contribution in [-0.2, 0) is 6.54 Å². The largest absolute Gasteiger partial charge is 0.504 e. The van der Waals surface area contributed by atoms with Crippen molar-refractivity contribution >= 4 is 0 Å². The van der Waals surface area contributed by atoms with E-state index in [1.165, 1.54) is 7.11 Å². The molecule has 0 spiro atoms. The second-order valence-electron chi connectivity index (χ2n) is 6.03. The minimum atomic E-state index is 0.0595. The maximum Gasteiger partial charge on any atom is 0.160 e. The third-order valence-electron chi connectivity index (χ3n) is 2.92. The van der Waals surface area contributed by atoms with Crippen LogP contribution in [0.25, 0.3) is 0 Å². The number of aliphatic hydroxyl groups excluding tert-OH is 1. The molecule has 19 heavy (non-hydrogen) atoms. The van der Waals surface area contributed by atoms with Crippen molar-refractivity contribution in [2.45, 2.75) is 39.8 Å². The highest BCUT2D eigenvalue weighted by Gasteiger charge is 2.17. The summed E-state index contributed by atoms with van der Waals surface area (Å²) in [6.45, 7) is 7.17. The zero-order valence-corrected chi connectivity index (χ0v) is 12.2. The number of aliphatic hydroxyl groups is 1. The van der Waals surface area contributed by atoms with Crippen molar-refractivity contribution in [2.75, 3.05) is 13.7 Å². The van der Waals surface area contributed by atoms with Gasteiger partial charge in [0.15, 0.2) is 11.5 Å². The van der Waals surface area contributed by atoms with Gasteiger partial charge in [-0.3, -0.25) is 0 Å². The predicted molar refractivity (Wildman–Crippen MR) is 76.4 cm³/mol. The van der Waals surface area contributed by atoms with Crippen LogP contribution in [0.1, 0.15) is 32.8 Å². The summed E-state index contributed by atoms with van der Waals surface area (Å²) in [7, 11) is 1.53. The van der Waals surface area contributed by atoms with Crippen molar-refractivity contribution in [3.8, 4) is 11.5 Å². The predicted octanol–water partition coefficient (Wildman–Crippen LogP) is 2.29. The smallest absolute Gasteiger partial charge is 0.160 e. The van der Waals surface area contributed by atoms with Crippen molar-refractivity contribution in [3.05, 3.63) is 23.8 Å². The van der Waals surface area contributed by atoms with E-state index in [0.717, 1.165) is 12.0 Å². The number of hydrogen-bond acceptors (Lipinski definition) is 4. The fourth-order valence-electron chi connectivity index (χ4n) is 2.05. The lowest BCUT2D eigenvalue weighted by molar-refractivity contribution is 0.198. The Kier molecular flexibility index (Phi) is 5.63. The average molecular weight is 267 g/mol. The van der Waals surface area contributed by atoms with Gasteiger partial charge in [0.2, 0.25) is 0 Å². The number of hydrogen-bond donors (Lipinski definition) is 3. The molecule has 1 atom stereocenters. The summed E-state index contributed by atoms with van der Waals surface area (Å²) in [5.41, 5.74) is 1.13. The number of ether oxygens (including phenoxy) is 1. The van der Waals surface area contributed by atoms with Gasteiger partial charge in [-0.05, 0) is 29.5 Å². The second-order valence-corrected chi connectivity index (χ2v) is 6.03. The lowest BCUT2D eigenvalue weighted by Gasteiger charge is -2.25. The number of benzene rings is 1. The molecule has 0 amide bonds. The first kappa shape index (κ1) is 15.8. The van der Waals surface area contributed by atoms with E-state index in [-0.39, 0.29) is 23.8 Å². The van der Waals surface area contributed by atoms with Crippen LogP contribution in [0.15, 0.2) is 18.2 Å². The monoisotopic (exact) mass is 267 g/mol. The van der Waals surface area contributed by atoms with Gasteiger partial charge in [-0.15, -0.1) is 0 Å². The molecule has 1 rings (SSSR count). The van der Waals surface area contributed by atoms with Crippen molar-refractivity contribution in [1.29, 1.82) is 0 Å². The molecular weight excluding hydrogens is 242 g/mol. The highest BCUT2D eigenvalue weighted by atomic mass is 16.5. The zero-order chi connectivity index (χ0) is 14.5. The van der Waals surface area contributed by atoms with Gasteiger partial charge in [0, 0.05) is 12.6 Å². The molecule has 1 aromatic carbocycles. The van der Waals surface area contributed by atoms with Crippen LogP contribution in [-0.4, -0.2) is 30.0 Å². The van der Waals surface area contributed by atoms with E-state index in [1.54, 1.807) is 12.1 Å². The van der Waals surface area contributed by atoms with Gasteiger partial charge in [-0.2, -0.15) is 0 Å². The van der Waals surface area contributed by atoms with E-state index >= 15 is 0 Å². The molecule has 0 aromatic heterocycles. The van der Waals surface area contributed by atoms with Crippen LogP contribution in [0.5, 0.6) is 11.5 Å². The lowest BCUT2D eigenvalue weighted by Crippen LogP contribution is -2.35. The van der Waals surface area contributed by atoms with E-state index in [4.69, 9.17) is 4.74 Å². The maximum atomic E-state index is 9.70. The Bertz CT molecular complexity index is 399. The Morgan fingerprint density at radius 1 is 1.32 bits per heavy atom. The Morgan fingerprint density at radius 2 is 2.00 bits per heavy atom. The molecule has 0 saturated heterocycles. The molecule has 0 aliphatic carbocycles. The molecule has 0 aliphatic heterocycles. The lowest BCUT2D eigenvalue weighted by atomic mass is 9.88. The summed E-state index contributed by atoms with van der Waals surface area (Å²) in [6.07, 6.45) is 0.894. The Hall–Kier alpha value is -1.26. The summed E-state index contributed by atoms with van der Waals surface area (Å²) in [5, 5.41) is 22.4. The summed E-state index contributed by atoms with van der Waals surface area (Å²) in [5.74, 6) is 0.607. The van der Waals surface area contributed by atoms with E-state index in [9.17, 15) is 10.2 Å². The van der Waals surface area contributed by atoms with Gasteiger partial charge in [-0.25, -0.2) is 0 Å². The van der Waals surface area contributed by atoms with Crippen LogP contribution < -0.4 is 10.1 Å². The van der Waals surface area contributed by atoms with E-state index < -0.39 is 0 Å². The molecule has 0 radical (unpaired) electrons. The standard InChI is InChI=1S/C15H25NO3/c1-15(2,3)8-12(10-17)16-9-11-5-6-14(19-4)13(18)7-11/h5-7,12,16-18H,8-10H2,1-4H3. The highest BCUT2D eigenvalue weighted by Crippen LogP contribution is 2.26. The quantitative estimate of drug-likeness (QED) is 0.740. The van der Waals surface area contributed by atoms with Gasteiger partial charge in [0.25, 0.3) is 0 Å². The number of methoxy groups -OCH3 is 1. The Balaban J connectivity index is 2.57. The molecule has 0 saturated carbocycles. The number of phenols is 1. The molecule has 3 N–H and O–H groups in total. The molecule has 1 unspecified atom stereocenters. The molecular formula is C15H25NO3. The van der Waals surface area contributed by atoms with Crippen LogP contribution in [0.4, 0.5) is 0 Å². The third kappa shape index (κ3) is 5.49. The van der Waals surface area contributed by atoms with Crippen molar-refractivity contribution < 1.29 is 14.9 Å². The molecule has 0 bridgehead atoms. The Morgan fingerprint density at radius 3 is 2.47 bits per heavy atom. The van der Waals surface area contributed by atoms with Crippen molar-refractivity contribution in [1.82, 2.24) is 5.32 Å². The average Bonchev–Trinajstić information content (AvgIpc) is 2.33. The van der Waals surface area contributed by atoms with Crippen LogP contribution in [0, 0.1) is 5.41 Å². The number of phenolic OH excluding ortho intramolecular Hbond substituents is 1. The number of aromatic hydroxyl groups is 1. The summed E-state index contributed by atoms with van der Waals surface area (Å²) in [6, 6.07) is 5.38. The molecule has 4 heteroatoms. The molecule has 0 heterocycles. The van der Waals surface area contributed by atoms with Gasteiger partial charge < -0.3 is 20.3 Å². The van der Waals surface area contributed by atoms with Crippen LogP contribution in [0.2, 0.25) is 0 Å². The van der Waals surface area contributed by atoms with Gasteiger partial charge in [-0.1, -0.05) is 26.8 Å². The molecule has 0 aliphatic rings. The number of nitrogens with one attached hydrogen (secondary N) is 1. The first-order chi connectivity index (χ1) is 8.85. The summed E-state index contributed by atoms with van der Waals surface area (Å²) < 4.78 is 5.00. The van der Waals surface area contributed by atoms with Gasteiger partial charge in [0.1, 0.15) is 0 Å². The number of rotatable bonds is 6. The fraction of sp³-hybridized carbons (Fsp3) is 0.600. The van der Waals surface area contributed by atoms with E-state index in [1.807, 2.05) is 6.07 Å². The fourth-order valence-corrected chi connectivity index (χ4v) is 2.05. The van der Waals surface area contributed by atoms with Gasteiger partial charge >= 0.3 is 0 Å². The normalized spacial score (nSPS) is 13.3. The topological polar surface area (TPSA) is 61.7 Å². The molecule has 4 nitrogen and oxygen atoms in total. The van der Waals surface area contributed by atoms with Crippen LogP contribution in [0.3, 0.4) is 0 Å². The zero-order valence-electron chi connectivity index (χ0n) is 12.2. The van der Waals surface area contributed by atoms with E-state index in [2.05, 4.69) is 26.1 Å². The SMILES string of the molecule is COc1ccc(CNC(CO)CC(C)(C)C)cc1O. The second kappa shape index (κ2) is 6.78. The third-order valence-corrected chi connectivity index (χ3v) is 2.92. The Labute approximate surface area is 115 Å². The minimum Gasteiger partial charge on any atom is -0.504 e. The maximum absolute atomic E-state index is 9.70.